The molecule has 3 N–H and O–H groups in total. The van der Waals surface area contributed by atoms with Crippen molar-refractivity contribution in [1.82, 2.24) is 14.9 Å². The first-order valence-electron chi connectivity index (χ1n) is 9.57. The number of nitrogens with zero attached hydrogens (tertiary/aromatic N) is 2. The largest absolute Gasteiger partial charge is 0.396 e. The zero-order chi connectivity index (χ0) is 19.4. The molecule has 0 aromatic rings. The number of hydrogen-bond acceptors (Lipinski definition) is 5. The number of thioether (sulfide) groups is 1. The molecule has 0 saturated carbocycles. The lowest BCUT2D eigenvalue weighted by Gasteiger charge is -2.25. The fourth-order valence-corrected chi connectivity index (χ4v) is 5.44. The molecule has 1 fully saturated rings. The van der Waals surface area contributed by atoms with Gasteiger partial charge in [0.1, 0.15) is 0 Å². The first-order chi connectivity index (χ1) is 12.4. The third-order valence-electron chi connectivity index (χ3n) is 4.21. The number of nitrogens with one attached hydrogen (secondary N) is 2. The van der Waals surface area contributed by atoms with Crippen molar-refractivity contribution in [3.05, 3.63) is 0 Å². The molecule has 9 heteroatoms. The van der Waals surface area contributed by atoms with Crippen molar-refractivity contribution in [1.29, 1.82) is 0 Å². The summed E-state index contributed by atoms with van der Waals surface area (Å²) in [7, 11) is -3.21. The van der Waals surface area contributed by atoms with E-state index in [-0.39, 0.29) is 12.4 Å². The SMILES string of the molecule is CCNC(=NCC(CCO)CC(C)C)NCCS(=O)(=O)N1CCSCC1. The van der Waals surface area contributed by atoms with Crippen molar-refractivity contribution in [3.63, 3.8) is 0 Å². The van der Waals surface area contributed by atoms with E-state index in [0.29, 0.717) is 44.0 Å². The smallest absolute Gasteiger partial charge is 0.215 e. The van der Waals surface area contributed by atoms with Gasteiger partial charge in [-0.25, -0.2) is 12.7 Å². The van der Waals surface area contributed by atoms with Gasteiger partial charge in [-0.2, -0.15) is 11.8 Å². The summed E-state index contributed by atoms with van der Waals surface area (Å²) in [5.41, 5.74) is 0. The number of guanidine groups is 1. The maximum Gasteiger partial charge on any atom is 0.215 e. The summed E-state index contributed by atoms with van der Waals surface area (Å²) in [5.74, 6) is 3.37. The van der Waals surface area contributed by atoms with Crippen LogP contribution in [0.1, 0.15) is 33.6 Å². The van der Waals surface area contributed by atoms with Crippen LogP contribution in [0.2, 0.25) is 0 Å². The Kier molecular flexibility index (Phi) is 11.6. The fraction of sp³-hybridized carbons (Fsp3) is 0.941. The first kappa shape index (κ1) is 23.5. The molecule has 7 nitrogen and oxygen atoms in total. The van der Waals surface area contributed by atoms with E-state index in [2.05, 4.69) is 29.5 Å². The summed E-state index contributed by atoms with van der Waals surface area (Å²) in [6.07, 6.45) is 1.76. The van der Waals surface area contributed by atoms with Gasteiger partial charge in [-0.15, -0.1) is 0 Å². The van der Waals surface area contributed by atoms with Gasteiger partial charge in [-0.05, 0) is 31.6 Å². The summed E-state index contributed by atoms with van der Waals surface area (Å²) in [4.78, 5) is 4.59. The summed E-state index contributed by atoms with van der Waals surface area (Å²) in [6, 6.07) is 0. The molecule has 0 radical (unpaired) electrons. The lowest BCUT2D eigenvalue weighted by Crippen LogP contribution is -2.44. The molecule has 1 heterocycles. The van der Waals surface area contributed by atoms with Crippen molar-refractivity contribution in [2.75, 3.05) is 56.6 Å². The van der Waals surface area contributed by atoms with Gasteiger partial charge in [0.25, 0.3) is 0 Å². The van der Waals surface area contributed by atoms with Crippen LogP contribution in [0.25, 0.3) is 0 Å². The maximum absolute atomic E-state index is 12.4. The van der Waals surface area contributed by atoms with E-state index >= 15 is 0 Å². The average Bonchev–Trinajstić information content (AvgIpc) is 2.60. The first-order valence-corrected chi connectivity index (χ1v) is 12.3. The number of aliphatic hydroxyl groups excluding tert-OH is 1. The highest BCUT2D eigenvalue weighted by Gasteiger charge is 2.23. The average molecular weight is 409 g/mol. The minimum Gasteiger partial charge on any atom is -0.396 e. The minimum atomic E-state index is -3.21. The second kappa shape index (κ2) is 12.8. The van der Waals surface area contributed by atoms with E-state index in [1.54, 1.807) is 16.1 Å². The van der Waals surface area contributed by atoms with E-state index in [1.165, 1.54) is 0 Å². The van der Waals surface area contributed by atoms with E-state index in [4.69, 9.17) is 0 Å². The zero-order valence-corrected chi connectivity index (χ0v) is 18.0. The summed E-state index contributed by atoms with van der Waals surface area (Å²) < 4.78 is 26.4. The number of sulfonamides is 1. The molecule has 1 atom stereocenters. The van der Waals surface area contributed by atoms with Crippen molar-refractivity contribution >= 4 is 27.7 Å². The summed E-state index contributed by atoms with van der Waals surface area (Å²) in [6.45, 7) is 9.40. The second-order valence-electron chi connectivity index (χ2n) is 6.98. The second-order valence-corrected chi connectivity index (χ2v) is 10.3. The zero-order valence-electron chi connectivity index (χ0n) is 16.4. The third kappa shape index (κ3) is 9.43. The molecule has 154 valence electrons. The molecule has 0 aliphatic carbocycles. The molecule has 26 heavy (non-hydrogen) atoms. The quantitative estimate of drug-likeness (QED) is 0.348. The van der Waals surface area contributed by atoms with E-state index < -0.39 is 10.0 Å². The van der Waals surface area contributed by atoms with Gasteiger partial charge in [0, 0.05) is 50.8 Å². The van der Waals surface area contributed by atoms with E-state index in [1.807, 2.05) is 6.92 Å². The Morgan fingerprint density at radius 1 is 1.27 bits per heavy atom. The summed E-state index contributed by atoms with van der Waals surface area (Å²) >= 11 is 1.80. The van der Waals surface area contributed by atoms with Gasteiger partial charge in [-0.1, -0.05) is 13.8 Å². The Morgan fingerprint density at radius 3 is 2.54 bits per heavy atom. The van der Waals surface area contributed by atoms with Crippen LogP contribution < -0.4 is 10.6 Å². The number of aliphatic hydroxyl groups is 1. The molecule has 0 amide bonds. The molecule has 1 aliphatic rings. The molecule has 0 spiro atoms. The van der Waals surface area contributed by atoms with Gasteiger partial charge in [0.05, 0.1) is 5.75 Å². The van der Waals surface area contributed by atoms with Crippen LogP contribution in [0, 0.1) is 11.8 Å². The molecule has 1 rings (SSSR count). The number of rotatable bonds is 11. The Bertz CT molecular complexity index is 506. The predicted molar refractivity (Wildman–Crippen MR) is 111 cm³/mol. The highest BCUT2D eigenvalue weighted by Crippen LogP contribution is 2.15. The van der Waals surface area contributed by atoms with Crippen molar-refractivity contribution in [3.8, 4) is 0 Å². The highest BCUT2D eigenvalue weighted by molar-refractivity contribution is 7.99. The molecular weight excluding hydrogens is 372 g/mol. The van der Waals surface area contributed by atoms with Crippen LogP contribution >= 0.6 is 11.8 Å². The lowest BCUT2D eigenvalue weighted by atomic mass is 9.94. The maximum atomic E-state index is 12.4. The number of hydrogen-bond donors (Lipinski definition) is 3. The normalized spacial score (nSPS) is 18.1. The van der Waals surface area contributed by atoms with Crippen LogP contribution in [0.4, 0.5) is 0 Å². The molecule has 0 aromatic heterocycles. The van der Waals surface area contributed by atoms with E-state index in [9.17, 15) is 13.5 Å². The predicted octanol–water partition coefficient (Wildman–Crippen LogP) is 0.965. The highest BCUT2D eigenvalue weighted by atomic mass is 32.2. The van der Waals surface area contributed by atoms with Crippen molar-refractivity contribution < 1.29 is 13.5 Å². The topological polar surface area (TPSA) is 94.0 Å². The molecule has 1 aliphatic heterocycles. The fourth-order valence-electron chi connectivity index (χ4n) is 2.95. The van der Waals surface area contributed by atoms with Gasteiger partial charge < -0.3 is 15.7 Å². The number of aliphatic imine (C=N–C) groups is 1. The Balaban J connectivity index is 2.52. The lowest BCUT2D eigenvalue weighted by molar-refractivity contribution is 0.245. The van der Waals surface area contributed by atoms with Crippen molar-refractivity contribution in [2.45, 2.75) is 33.6 Å². The molecule has 1 saturated heterocycles. The summed E-state index contributed by atoms with van der Waals surface area (Å²) in [5, 5.41) is 15.5. The monoisotopic (exact) mass is 408 g/mol. The Hall–Kier alpha value is -0.510. The van der Waals surface area contributed by atoms with Crippen LogP contribution in [-0.4, -0.2) is 80.4 Å². The van der Waals surface area contributed by atoms with Gasteiger partial charge in [-0.3, -0.25) is 4.99 Å². The molecule has 0 bridgehead atoms. The molecule has 1 unspecified atom stereocenters. The van der Waals surface area contributed by atoms with Crippen LogP contribution in [0.5, 0.6) is 0 Å². The van der Waals surface area contributed by atoms with Crippen LogP contribution in [0.3, 0.4) is 0 Å². The standard InChI is InChI=1S/C17H36N4O3S2/c1-4-18-17(20-14-16(5-9-22)13-15(2)3)19-6-12-26(23,24)21-7-10-25-11-8-21/h15-16,22H,4-14H2,1-3H3,(H2,18,19,20). The van der Waals surface area contributed by atoms with Gasteiger partial charge in [0.15, 0.2) is 5.96 Å². The Labute approximate surface area is 163 Å². The van der Waals surface area contributed by atoms with E-state index in [0.717, 1.165) is 30.9 Å². The third-order valence-corrected chi connectivity index (χ3v) is 7.02. The van der Waals surface area contributed by atoms with Gasteiger partial charge >= 0.3 is 0 Å². The molecule has 0 aromatic carbocycles. The van der Waals surface area contributed by atoms with Crippen LogP contribution in [-0.2, 0) is 10.0 Å². The van der Waals surface area contributed by atoms with Gasteiger partial charge in [0.2, 0.25) is 10.0 Å². The Morgan fingerprint density at radius 2 is 1.96 bits per heavy atom. The van der Waals surface area contributed by atoms with Crippen molar-refractivity contribution in [2.24, 2.45) is 16.8 Å². The minimum absolute atomic E-state index is 0.0775. The van der Waals surface area contributed by atoms with Crippen LogP contribution in [0.15, 0.2) is 4.99 Å². The molecular formula is C17H36N4O3S2.